The maximum atomic E-state index is 9.16. The lowest BCUT2D eigenvalue weighted by atomic mass is 10.2. The quantitative estimate of drug-likeness (QED) is 0.860. The molecular weight excluding hydrogens is 276 g/mol. The third-order valence-corrected chi connectivity index (χ3v) is 8.80. The molecule has 0 aliphatic carbocycles. The predicted molar refractivity (Wildman–Crippen MR) is 89.8 cm³/mol. The minimum absolute atomic E-state index is 0.0429. The fourth-order valence-electron chi connectivity index (χ4n) is 2.92. The van der Waals surface area contributed by atoms with Crippen LogP contribution in [0.5, 0.6) is 0 Å². The highest BCUT2D eigenvalue weighted by atomic mass is 28.4. The van der Waals surface area contributed by atoms with Gasteiger partial charge < -0.3 is 9.53 Å². The summed E-state index contributed by atoms with van der Waals surface area (Å²) in [5, 5.41) is 11.6. The molecule has 111 valence electrons. The summed E-state index contributed by atoms with van der Waals surface area (Å²) >= 11 is 0. The number of benzene rings is 2. The molecule has 0 fully saturated rings. The Morgan fingerprint density at radius 1 is 0.905 bits per heavy atom. The fourth-order valence-corrected chi connectivity index (χ4v) is 7.40. The molecule has 0 aliphatic rings. The van der Waals surface area contributed by atoms with E-state index < -0.39 is 8.32 Å². The van der Waals surface area contributed by atoms with Crippen molar-refractivity contribution in [3.63, 3.8) is 0 Å². The number of rotatable bonds is 5. The lowest BCUT2D eigenvalue weighted by Gasteiger charge is -2.42. The SMILES string of the molecule is CC(C)(C)[Si](OC[CH]O)(c1ccccc1)c1ccccc1. The highest BCUT2D eigenvalue weighted by Crippen LogP contribution is 2.36. The van der Waals surface area contributed by atoms with Crippen LogP contribution in [0.4, 0.5) is 0 Å². The van der Waals surface area contributed by atoms with E-state index in [9.17, 15) is 0 Å². The van der Waals surface area contributed by atoms with Gasteiger partial charge in [-0.05, 0) is 15.4 Å². The van der Waals surface area contributed by atoms with Crippen molar-refractivity contribution in [3.05, 3.63) is 67.3 Å². The van der Waals surface area contributed by atoms with Crippen LogP contribution in [-0.2, 0) is 4.43 Å². The van der Waals surface area contributed by atoms with E-state index in [-0.39, 0.29) is 11.6 Å². The molecule has 0 atom stereocenters. The second-order valence-corrected chi connectivity index (χ2v) is 10.5. The van der Waals surface area contributed by atoms with Crippen LogP contribution in [0.25, 0.3) is 0 Å². The van der Waals surface area contributed by atoms with Gasteiger partial charge in [-0.25, -0.2) is 0 Å². The Labute approximate surface area is 128 Å². The largest absolute Gasteiger partial charge is 0.405 e. The maximum absolute atomic E-state index is 9.16. The Morgan fingerprint density at radius 2 is 1.33 bits per heavy atom. The molecule has 0 bridgehead atoms. The van der Waals surface area contributed by atoms with Gasteiger partial charge in [-0.2, -0.15) is 0 Å². The van der Waals surface area contributed by atoms with E-state index in [1.807, 2.05) is 12.1 Å². The minimum Gasteiger partial charge on any atom is -0.405 e. The predicted octanol–water partition coefficient (Wildman–Crippen LogP) is 3.10. The Morgan fingerprint density at radius 3 is 1.67 bits per heavy atom. The molecule has 0 aromatic heterocycles. The van der Waals surface area contributed by atoms with Crippen molar-refractivity contribution >= 4 is 18.7 Å². The molecular formula is C18H23O2Si. The number of hydrogen-bond donors (Lipinski definition) is 1. The summed E-state index contributed by atoms with van der Waals surface area (Å²) in [6, 6.07) is 20.8. The molecule has 0 saturated carbocycles. The van der Waals surface area contributed by atoms with Gasteiger partial charge in [-0.1, -0.05) is 81.4 Å². The second kappa shape index (κ2) is 6.56. The van der Waals surface area contributed by atoms with Crippen LogP contribution < -0.4 is 10.4 Å². The molecule has 2 aromatic rings. The van der Waals surface area contributed by atoms with E-state index in [0.717, 1.165) is 6.61 Å². The summed E-state index contributed by atoms with van der Waals surface area (Å²) in [6.07, 6.45) is 0. The van der Waals surface area contributed by atoms with Gasteiger partial charge in [0.2, 0.25) is 0 Å². The highest BCUT2D eigenvalue weighted by Gasteiger charge is 2.49. The van der Waals surface area contributed by atoms with Gasteiger partial charge in [0.25, 0.3) is 8.32 Å². The van der Waals surface area contributed by atoms with Crippen molar-refractivity contribution in [1.29, 1.82) is 0 Å². The lowest BCUT2D eigenvalue weighted by Crippen LogP contribution is -2.66. The summed E-state index contributed by atoms with van der Waals surface area (Å²) in [5.41, 5.74) is 0. The molecule has 3 heteroatoms. The van der Waals surface area contributed by atoms with Crippen LogP contribution in [0, 0.1) is 6.61 Å². The fraction of sp³-hybridized carbons (Fsp3) is 0.278. The van der Waals surface area contributed by atoms with Crippen molar-refractivity contribution in [2.24, 2.45) is 0 Å². The standard InChI is InChI=1S/C18H23O2Si/c1-18(2,3)21(20-15-14-19,16-10-6-4-7-11-16)17-12-8-5-9-13-17/h4-14,19H,15H2,1-3H3. The Hall–Kier alpha value is -1.42. The van der Waals surface area contributed by atoms with Crippen molar-refractivity contribution in [1.82, 2.24) is 0 Å². The van der Waals surface area contributed by atoms with Crippen LogP contribution in [0.15, 0.2) is 60.7 Å². The normalized spacial score (nSPS) is 12.4. The van der Waals surface area contributed by atoms with Crippen molar-refractivity contribution in [2.75, 3.05) is 6.61 Å². The summed E-state index contributed by atoms with van der Waals surface area (Å²) < 4.78 is 6.35. The van der Waals surface area contributed by atoms with E-state index in [1.54, 1.807) is 0 Å². The molecule has 0 unspecified atom stereocenters. The minimum atomic E-state index is -2.46. The van der Waals surface area contributed by atoms with Gasteiger partial charge in [0.1, 0.15) is 6.61 Å². The topological polar surface area (TPSA) is 29.5 Å². The highest BCUT2D eigenvalue weighted by molar-refractivity contribution is 6.99. The first-order chi connectivity index (χ1) is 10.0. The Kier molecular flexibility index (Phi) is 4.98. The monoisotopic (exact) mass is 299 g/mol. The van der Waals surface area contributed by atoms with E-state index in [0.29, 0.717) is 0 Å². The smallest absolute Gasteiger partial charge is 0.261 e. The molecule has 0 amide bonds. The van der Waals surface area contributed by atoms with Crippen LogP contribution in [0.3, 0.4) is 0 Å². The van der Waals surface area contributed by atoms with Gasteiger partial charge in [0.05, 0.1) is 6.61 Å². The molecule has 2 aromatic carbocycles. The lowest BCUT2D eigenvalue weighted by molar-refractivity contribution is 0.250. The zero-order valence-corrected chi connectivity index (χ0v) is 13.9. The molecule has 2 nitrogen and oxygen atoms in total. The van der Waals surface area contributed by atoms with Crippen molar-refractivity contribution in [2.45, 2.75) is 25.8 Å². The van der Waals surface area contributed by atoms with E-state index in [1.165, 1.54) is 10.4 Å². The van der Waals surface area contributed by atoms with Gasteiger partial charge in [-0.15, -0.1) is 0 Å². The Bertz CT molecular complexity index is 507. The van der Waals surface area contributed by atoms with E-state index in [2.05, 4.69) is 69.3 Å². The second-order valence-electron chi connectivity index (χ2n) is 6.16. The molecule has 1 N–H and O–H groups in total. The summed E-state index contributed by atoms with van der Waals surface area (Å²) in [7, 11) is -2.46. The molecule has 1 radical (unpaired) electrons. The number of aliphatic hydroxyl groups is 1. The third-order valence-electron chi connectivity index (χ3n) is 3.79. The molecule has 21 heavy (non-hydrogen) atoms. The van der Waals surface area contributed by atoms with Crippen molar-refractivity contribution < 1.29 is 9.53 Å². The van der Waals surface area contributed by atoms with Crippen LogP contribution in [0.2, 0.25) is 5.04 Å². The van der Waals surface area contributed by atoms with Gasteiger partial charge in [0, 0.05) is 0 Å². The summed E-state index contributed by atoms with van der Waals surface area (Å²) in [5.74, 6) is 0. The molecule has 0 aliphatic heterocycles. The number of hydrogen-bond acceptors (Lipinski definition) is 2. The maximum Gasteiger partial charge on any atom is 0.261 e. The first kappa shape index (κ1) is 16.0. The van der Waals surface area contributed by atoms with Gasteiger partial charge in [0.15, 0.2) is 0 Å². The van der Waals surface area contributed by atoms with E-state index >= 15 is 0 Å². The van der Waals surface area contributed by atoms with Crippen molar-refractivity contribution in [3.8, 4) is 0 Å². The molecule has 0 spiro atoms. The number of aliphatic hydroxyl groups excluding tert-OH is 1. The van der Waals surface area contributed by atoms with E-state index in [4.69, 9.17) is 9.53 Å². The molecule has 2 rings (SSSR count). The first-order valence-corrected chi connectivity index (χ1v) is 9.14. The molecule has 0 heterocycles. The zero-order chi connectivity index (χ0) is 15.3. The summed E-state index contributed by atoms with van der Waals surface area (Å²) in [4.78, 5) is 0. The Balaban J connectivity index is 2.66. The average Bonchev–Trinajstić information content (AvgIpc) is 2.49. The average molecular weight is 299 g/mol. The van der Waals surface area contributed by atoms with Gasteiger partial charge in [-0.3, -0.25) is 0 Å². The van der Waals surface area contributed by atoms with Crippen LogP contribution in [-0.4, -0.2) is 20.0 Å². The third kappa shape index (κ3) is 3.10. The molecule has 0 saturated heterocycles. The zero-order valence-electron chi connectivity index (χ0n) is 12.9. The van der Waals surface area contributed by atoms with Crippen LogP contribution in [0.1, 0.15) is 20.8 Å². The first-order valence-electron chi connectivity index (χ1n) is 7.23. The van der Waals surface area contributed by atoms with Gasteiger partial charge >= 0.3 is 0 Å². The van der Waals surface area contributed by atoms with Crippen LogP contribution >= 0.6 is 0 Å². The summed E-state index contributed by atoms with van der Waals surface area (Å²) in [6.45, 7) is 8.00.